The normalized spacial score (nSPS) is 11.2. The molecule has 4 aromatic rings. The molecule has 20 heavy (non-hydrogen) atoms. The van der Waals surface area contributed by atoms with Gasteiger partial charge < -0.3 is 0 Å². The third kappa shape index (κ3) is 1.71. The SMILES string of the molecule is Cc1cccc2c1sc1cnc(-c3ccccc3)nc12. The first-order valence-electron chi connectivity index (χ1n) is 6.53. The lowest BCUT2D eigenvalue weighted by Crippen LogP contribution is -1.87. The summed E-state index contributed by atoms with van der Waals surface area (Å²) in [6.45, 7) is 2.14. The van der Waals surface area contributed by atoms with Gasteiger partial charge in [-0.2, -0.15) is 0 Å². The molecule has 0 saturated heterocycles. The summed E-state index contributed by atoms with van der Waals surface area (Å²) in [5.41, 5.74) is 3.41. The summed E-state index contributed by atoms with van der Waals surface area (Å²) >= 11 is 1.77. The van der Waals surface area contributed by atoms with Gasteiger partial charge in [-0.05, 0) is 12.5 Å². The van der Waals surface area contributed by atoms with Crippen LogP contribution in [0.1, 0.15) is 5.56 Å². The van der Waals surface area contributed by atoms with Crippen molar-refractivity contribution >= 4 is 31.6 Å². The molecular formula is C17H12N2S. The van der Waals surface area contributed by atoms with Gasteiger partial charge in [0, 0.05) is 21.8 Å². The lowest BCUT2D eigenvalue weighted by Gasteiger charge is -1.99. The van der Waals surface area contributed by atoms with E-state index in [-0.39, 0.29) is 0 Å². The molecule has 0 atom stereocenters. The smallest absolute Gasteiger partial charge is 0.159 e. The first kappa shape index (κ1) is 11.6. The summed E-state index contributed by atoms with van der Waals surface area (Å²) in [7, 11) is 0. The molecule has 2 heterocycles. The first-order valence-corrected chi connectivity index (χ1v) is 7.35. The van der Waals surface area contributed by atoms with Crippen molar-refractivity contribution in [2.45, 2.75) is 6.92 Å². The van der Waals surface area contributed by atoms with Gasteiger partial charge in [0.2, 0.25) is 0 Å². The van der Waals surface area contributed by atoms with E-state index in [1.807, 2.05) is 36.5 Å². The van der Waals surface area contributed by atoms with Crippen LogP contribution in [-0.4, -0.2) is 9.97 Å². The molecule has 0 radical (unpaired) electrons. The van der Waals surface area contributed by atoms with Gasteiger partial charge in [0.05, 0.1) is 10.2 Å². The molecular weight excluding hydrogens is 264 g/mol. The van der Waals surface area contributed by atoms with E-state index in [0.717, 1.165) is 21.6 Å². The number of thiophene rings is 1. The van der Waals surface area contributed by atoms with Crippen LogP contribution in [0, 0.1) is 6.92 Å². The van der Waals surface area contributed by atoms with Gasteiger partial charge in [-0.15, -0.1) is 11.3 Å². The molecule has 0 fully saturated rings. The Morgan fingerprint density at radius 3 is 2.65 bits per heavy atom. The van der Waals surface area contributed by atoms with Crippen LogP contribution in [-0.2, 0) is 0 Å². The zero-order valence-electron chi connectivity index (χ0n) is 11.0. The van der Waals surface area contributed by atoms with Crippen molar-refractivity contribution in [1.29, 1.82) is 0 Å². The van der Waals surface area contributed by atoms with Gasteiger partial charge in [0.25, 0.3) is 0 Å². The van der Waals surface area contributed by atoms with Gasteiger partial charge >= 0.3 is 0 Å². The summed E-state index contributed by atoms with van der Waals surface area (Å²) in [4.78, 5) is 9.28. The van der Waals surface area contributed by atoms with Gasteiger partial charge in [-0.25, -0.2) is 9.97 Å². The number of nitrogens with zero attached hydrogens (tertiary/aromatic N) is 2. The second-order valence-corrected chi connectivity index (χ2v) is 5.88. The molecule has 0 aliphatic heterocycles. The number of aryl methyl sites for hydroxylation is 1. The summed E-state index contributed by atoms with van der Waals surface area (Å²) in [6.07, 6.45) is 1.94. The number of hydrogen-bond donors (Lipinski definition) is 0. The highest BCUT2D eigenvalue weighted by Gasteiger charge is 2.10. The van der Waals surface area contributed by atoms with Crippen LogP contribution in [0.15, 0.2) is 54.7 Å². The predicted molar refractivity (Wildman–Crippen MR) is 85.1 cm³/mol. The van der Waals surface area contributed by atoms with Crippen LogP contribution in [0.25, 0.3) is 31.7 Å². The highest BCUT2D eigenvalue weighted by atomic mass is 32.1. The zero-order valence-corrected chi connectivity index (χ0v) is 11.8. The van der Waals surface area contributed by atoms with E-state index in [0.29, 0.717) is 0 Å². The van der Waals surface area contributed by atoms with E-state index in [9.17, 15) is 0 Å². The zero-order chi connectivity index (χ0) is 13.5. The Labute approximate surface area is 120 Å². The topological polar surface area (TPSA) is 25.8 Å². The standard InChI is InChI=1S/C17H12N2S/c1-11-6-5-9-13-15-14(20-16(11)13)10-18-17(19-15)12-7-3-2-4-8-12/h2-10H,1H3. The van der Waals surface area contributed by atoms with Crippen molar-refractivity contribution in [3.8, 4) is 11.4 Å². The van der Waals surface area contributed by atoms with Crippen LogP contribution >= 0.6 is 11.3 Å². The van der Waals surface area contributed by atoms with Crippen LogP contribution in [0.4, 0.5) is 0 Å². The van der Waals surface area contributed by atoms with Crippen molar-refractivity contribution in [2.24, 2.45) is 0 Å². The van der Waals surface area contributed by atoms with E-state index in [2.05, 4.69) is 30.1 Å². The third-order valence-electron chi connectivity index (χ3n) is 3.47. The Kier molecular flexibility index (Phi) is 2.54. The summed E-state index contributed by atoms with van der Waals surface area (Å²) in [5.74, 6) is 0.791. The second kappa shape index (κ2) is 4.39. The van der Waals surface area contributed by atoms with Crippen molar-refractivity contribution in [1.82, 2.24) is 9.97 Å². The Bertz CT molecular complexity index is 910. The molecule has 0 aliphatic carbocycles. The van der Waals surface area contributed by atoms with Crippen LogP contribution in [0.5, 0.6) is 0 Å². The quantitative estimate of drug-likeness (QED) is 0.498. The predicted octanol–water partition coefficient (Wildman–Crippen LogP) is 4.82. The number of hydrogen-bond acceptors (Lipinski definition) is 3. The highest BCUT2D eigenvalue weighted by Crippen LogP contribution is 2.34. The summed E-state index contributed by atoms with van der Waals surface area (Å²) in [5, 5.41) is 1.23. The lowest BCUT2D eigenvalue weighted by atomic mass is 10.1. The molecule has 0 spiro atoms. The summed E-state index contributed by atoms with van der Waals surface area (Å²) in [6, 6.07) is 16.5. The molecule has 4 rings (SSSR count). The maximum atomic E-state index is 4.77. The van der Waals surface area contributed by atoms with Crippen molar-refractivity contribution in [2.75, 3.05) is 0 Å². The van der Waals surface area contributed by atoms with E-state index in [1.54, 1.807) is 11.3 Å². The Morgan fingerprint density at radius 1 is 0.950 bits per heavy atom. The number of benzene rings is 2. The molecule has 0 unspecified atom stereocenters. The van der Waals surface area contributed by atoms with Gasteiger partial charge in [0.1, 0.15) is 0 Å². The summed E-state index contributed by atoms with van der Waals surface area (Å²) < 4.78 is 2.45. The van der Waals surface area contributed by atoms with E-state index in [4.69, 9.17) is 4.98 Å². The number of fused-ring (bicyclic) bond motifs is 3. The highest BCUT2D eigenvalue weighted by molar-refractivity contribution is 7.25. The fraction of sp³-hybridized carbons (Fsp3) is 0.0588. The third-order valence-corrected chi connectivity index (χ3v) is 4.73. The molecule has 2 aromatic carbocycles. The van der Waals surface area contributed by atoms with Crippen LogP contribution in [0.3, 0.4) is 0 Å². The molecule has 0 N–H and O–H groups in total. The van der Waals surface area contributed by atoms with E-state index >= 15 is 0 Å². The first-order chi connectivity index (χ1) is 9.83. The van der Waals surface area contributed by atoms with Crippen molar-refractivity contribution in [3.63, 3.8) is 0 Å². The minimum absolute atomic E-state index is 0.791. The molecule has 2 aromatic heterocycles. The molecule has 3 heteroatoms. The maximum Gasteiger partial charge on any atom is 0.159 e. The Balaban J connectivity index is 2.04. The molecule has 0 bridgehead atoms. The Morgan fingerprint density at radius 2 is 1.80 bits per heavy atom. The van der Waals surface area contributed by atoms with Crippen LogP contribution < -0.4 is 0 Å². The van der Waals surface area contributed by atoms with Crippen LogP contribution in [0.2, 0.25) is 0 Å². The van der Waals surface area contributed by atoms with Gasteiger partial charge in [-0.3, -0.25) is 0 Å². The molecule has 0 saturated carbocycles. The molecule has 0 amide bonds. The number of aromatic nitrogens is 2. The average molecular weight is 276 g/mol. The van der Waals surface area contributed by atoms with E-state index < -0.39 is 0 Å². The largest absolute Gasteiger partial charge is 0.235 e. The molecule has 2 nitrogen and oxygen atoms in total. The number of rotatable bonds is 1. The van der Waals surface area contributed by atoms with Gasteiger partial charge in [-0.1, -0.05) is 48.5 Å². The fourth-order valence-electron chi connectivity index (χ4n) is 2.45. The van der Waals surface area contributed by atoms with Crippen molar-refractivity contribution in [3.05, 3.63) is 60.3 Å². The monoisotopic (exact) mass is 276 g/mol. The molecule has 0 aliphatic rings. The second-order valence-electron chi connectivity index (χ2n) is 4.83. The van der Waals surface area contributed by atoms with E-state index in [1.165, 1.54) is 15.6 Å². The Hall–Kier alpha value is -2.26. The lowest BCUT2D eigenvalue weighted by molar-refractivity contribution is 1.24. The minimum atomic E-state index is 0.791. The average Bonchev–Trinajstić information content (AvgIpc) is 2.88. The molecule has 96 valence electrons. The van der Waals surface area contributed by atoms with Gasteiger partial charge in [0.15, 0.2) is 5.82 Å². The maximum absolute atomic E-state index is 4.77. The van der Waals surface area contributed by atoms with Crippen molar-refractivity contribution < 1.29 is 0 Å². The fourth-order valence-corrected chi connectivity index (χ4v) is 3.53. The minimum Gasteiger partial charge on any atom is -0.235 e.